The monoisotopic (exact) mass is 277 g/mol. The van der Waals surface area contributed by atoms with Crippen molar-refractivity contribution in [2.24, 2.45) is 5.92 Å². The van der Waals surface area contributed by atoms with E-state index in [1.807, 2.05) is 0 Å². The molecule has 1 fully saturated rings. The van der Waals surface area contributed by atoms with Crippen LogP contribution in [0.15, 0.2) is 29.2 Å². The molecule has 0 aliphatic carbocycles. The number of hydrogen-bond acceptors (Lipinski definition) is 3. The summed E-state index contributed by atoms with van der Waals surface area (Å²) in [5.74, 6) is -0.305. The van der Waals surface area contributed by atoms with Crippen molar-refractivity contribution in [2.75, 3.05) is 20.2 Å². The van der Waals surface area contributed by atoms with Crippen LogP contribution in [0.2, 0.25) is 0 Å². The number of hydrogen-bond donors (Lipinski definition) is 0. The molecule has 0 radical (unpaired) electrons. The predicted molar refractivity (Wildman–Crippen MR) is 61.2 cm³/mol. The second kappa shape index (κ2) is 4.81. The highest BCUT2D eigenvalue weighted by atomic mass is 32.2. The molecular formula is C11H13F2NO3S. The van der Waals surface area contributed by atoms with E-state index in [0.717, 1.165) is 4.31 Å². The Bertz CT molecular complexity index is 510. The molecule has 18 heavy (non-hydrogen) atoms. The maximum Gasteiger partial charge on any atom is 0.243 e. The number of sulfonamides is 1. The number of halogens is 2. The summed E-state index contributed by atoms with van der Waals surface area (Å²) >= 11 is 0. The fourth-order valence-electron chi connectivity index (χ4n) is 1.72. The molecule has 0 bridgehead atoms. The second-order valence-electron chi connectivity index (χ2n) is 4.09. The molecule has 1 saturated heterocycles. The van der Waals surface area contributed by atoms with E-state index in [1.54, 1.807) is 0 Å². The Morgan fingerprint density at radius 3 is 2.28 bits per heavy atom. The summed E-state index contributed by atoms with van der Waals surface area (Å²) in [6.07, 6.45) is -2.47. The quantitative estimate of drug-likeness (QED) is 0.839. The molecule has 1 aliphatic heterocycles. The van der Waals surface area contributed by atoms with Crippen LogP contribution in [-0.4, -0.2) is 39.3 Å². The van der Waals surface area contributed by atoms with Crippen LogP contribution in [-0.2, 0) is 10.0 Å². The number of nitrogens with zero attached hydrogens (tertiary/aromatic N) is 1. The maximum atomic E-state index is 12.3. The molecule has 0 unspecified atom stereocenters. The zero-order valence-electron chi connectivity index (χ0n) is 9.71. The van der Waals surface area contributed by atoms with E-state index in [2.05, 4.69) is 0 Å². The van der Waals surface area contributed by atoms with Gasteiger partial charge >= 0.3 is 0 Å². The predicted octanol–water partition coefficient (Wildman–Crippen LogP) is 1.58. The Hall–Kier alpha value is -1.21. The number of ether oxygens (including phenoxy) is 1. The van der Waals surface area contributed by atoms with E-state index in [4.69, 9.17) is 4.74 Å². The van der Waals surface area contributed by atoms with Crippen molar-refractivity contribution in [1.82, 2.24) is 4.31 Å². The lowest BCUT2D eigenvalue weighted by molar-refractivity contribution is 0.0123. The third-order valence-electron chi connectivity index (χ3n) is 2.93. The van der Waals surface area contributed by atoms with Crippen molar-refractivity contribution in [2.45, 2.75) is 11.3 Å². The molecule has 0 amide bonds. The highest BCUT2D eigenvalue weighted by Crippen LogP contribution is 2.29. The summed E-state index contributed by atoms with van der Waals surface area (Å²) in [5, 5.41) is 0. The van der Waals surface area contributed by atoms with Gasteiger partial charge in [0.15, 0.2) is 0 Å². The van der Waals surface area contributed by atoms with Gasteiger partial charge in [0.1, 0.15) is 5.75 Å². The van der Waals surface area contributed by atoms with Gasteiger partial charge in [0, 0.05) is 19.0 Å². The van der Waals surface area contributed by atoms with Gasteiger partial charge in [-0.25, -0.2) is 17.2 Å². The minimum Gasteiger partial charge on any atom is -0.497 e. The first-order chi connectivity index (χ1) is 8.45. The van der Waals surface area contributed by atoms with Gasteiger partial charge in [-0.2, -0.15) is 4.31 Å². The summed E-state index contributed by atoms with van der Waals surface area (Å²) in [5.41, 5.74) is 0. The summed E-state index contributed by atoms with van der Waals surface area (Å²) < 4.78 is 54.6. The lowest BCUT2D eigenvalue weighted by atomic mass is 10.1. The van der Waals surface area contributed by atoms with Crippen LogP contribution in [0.4, 0.5) is 8.78 Å². The first-order valence-corrected chi connectivity index (χ1v) is 6.81. The van der Waals surface area contributed by atoms with E-state index in [0.29, 0.717) is 5.75 Å². The summed E-state index contributed by atoms with van der Waals surface area (Å²) in [6, 6.07) is 5.86. The standard InChI is InChI=1S/C11H13F2NO3S/c1-17-9-2-4-10(5-3-9)18(15,16)14-6-8(7-14)11(12)13/h2-5,8,11H,6-7H2,1H3. The molecular weight excluding hydrogens is 264 g/mol. The van der Waals surface area contributed by atoms with Gasteiger partial charge in [-0.1, -0.05) is 0 Å². The molecule has 0 aromatic heterocycles. The SMILES string of the molecule is COc1ccc(S(=O)(=O)N2CC(C(F)F)C2)cc1. The highest BCUT2D eigenvalue weighted by Gasteiger charge is 2.41. The molecule has 7 heteroatoms. The van der Waals surface area contributed by atoms with Crippen LogP contribution in [0.25, 0.3) is 0 Å². The van der Waals surface area contributed by atoms with Crippen LogP contribution >= 0.6 is 0 Å². The van der Waals surface area contributed by atoms with Gasteiger partial charge in [-0.15, -0.1) is 0 Å². The number of benzene rings is 1. The van der Waals surface area contributed by atoms with Gasteiger partial charge in [0.05, 0.1) is 12.0 Å². The van der Waals surface area contributed by atoms with Gasteiger partial charge in [-0.3, -0.25) is 0 Å². The maximum absolute atomic E-state index is 12.3. The average Bonchev–Trinajstić information content (AvgIpc) is 2.26. The normalized spacial score (nSPS) is 17.8. The molecule has 0 spiro atoms. The van der Waals surface area contributed by atoms with E-state index in [-0.39, 0.29) is 18.0 Å². The van der Waals surface area contributed by atoms with E-state index in [1.165, 1.54) is 31.4 Å². The lowest BCUT2D eigenvalue weighted by Gasteiger charge is -2.37. The molecule has 1 heterocycles. The lowest BCUT2D eigenvalue weighted by Crippen LogP contribution is -2.52. The Labute approximate surface area is 104 Å². The summed E-state index contributed by atoms with van der Waals surface area (Å²) in [6.45, 7) is -0.238. The third kappa shape index (κ3) is 2.32. The van der Waals surface area contributed by atoms with E-state index in [9.17, 15) is 17.2 Å². The van der Waals surface area contributed by atoms with Crippen molar-refractivity contribution < 1.29 is 21.9 Å². The minimum absolute atomic E-state index is 0.0935. The second-order valence-corrected chi connectivity index (χ2v) is 6.03. The Morgan fingerprint density at radius 1 is 1.28 bits per heavy atom. The first-order valence-electron chi connectivity index (χ1n) is 5.37. The zero-order chi connectivity index (χ0) is 13.3. The van der Waals surface area contributed by atoms with Gasteiger partial charge in [0.2, 0.25) is 16.4 Å². The van der Waals surface area contributed by atoms with Crippen LogP contribution in [0.5, 0.6) is 5.75 Å². The fourth-order valence-corrected chi connectivity index (χ4v) is 3.28. The molecule has 1 aromatic carbocycles. The van der Waals surface area contributed by atoms with E-state index < -0.39 is 22.4 Å². The molecule has 4 nitrogen and oxygen atoms in total. The molecule has 2 rings (SSSR count). The van der Waals surface area contributed by atoms with Crippen molar-refractivity contribution in [1.29, 1.82) is 0 Å². The number of alkyl halides is 2. The third-order valence-corrected chi connectivity index (χ3v) is 4.78. The van der Waals surface area contributed by atoms with Crippen LogP contribution in [0, 0.1) is 5.92 Å². The van der Waals surface area contributed by atoms with Crippen LogP contribution in [0.1, 0.15) is 0 Å². The van der Waals surface area contributed by atoms with Gasteiger partial charge < -0.3 is 4.74 Å². The minimum atomic E-state index is -3.65. The molecule has 100 valence electrons. The van der Waals surface area contributed by atoms with Crippen molar-refractivity contribution in [3.63, 3.8) is 0 Å². The van der Waals surface area contributed by atoms with Crippen molar-refractivity contribution in [3.8, 4) is 5.75 Å². The van der Waals surface area contributed by atoms with Crippen molar-refractivity contribution in [3.05, 3.63) is 24.3 Å². The molecule has 1 aromatic rings. The average molecular weight is 277 g/mol. The molecule has 0 saturated carbocycles. The molecule has 0 atom stereocenters. The Kier molecular flexibility index (Phi) is 3.54. The molecule has 0 N–H and O–H groups in total. The topological polar surface area (TPSA) is 46.6 Å². The highest BCUT2D eigenvalue weighted by molar-refractivity contribution is 7.89. The smallest absolute Gasteiger partial charge is 0.243 e. The van der Waals surface area contributed by atoms with Crippen LogP contribution < -0.4 is 4.74 Å². The Balaban J connectivity index is 2.12. The van der Waals surface area contributed by atoms with Crippen molar-refractivity contribution >= 4 is 10.0 Å². The van der Waals surface area contributed by atoms with Gasteiger partial charge in [-0.05, 0) is 24.3 Å². The summed E-state index contributed by atoms with van der Waals surface area (Å²) in [4.78, 5) is 0.0935. The number of methoxy groups -OCH3 is 1. The Morgan fingerprint density at radius 2 is 1.83 bits per heavy atom. The first kappa shape index (κ1) is 13.2. The molecule has 1 aliphatic rings. The fraction of sp³-hybridized carbons (Fsp3) is 0.455. The van der Waals surface area contributed by atoms with Crippen LogP contribution in [0.3, 0.4) is 0 Å². The van der Waals surface area contributed by atoms with E-state index >= 15 is 0 Å². The zero-order valence-corrected chi connectivity index (χ0v) is 10.5. The largest absolute Gasteiger partial charge is 0.497 e. The number of rotatable bonds is 4. The van der Waals surface area contributed by atoms with Gasteiger partial charge in [0.25, 0.3) is 0 Å². The summed E-state index contributed by atoms with van der Waals surface area (Å²) in [7, 11) is -2.17.